The summed E-state index contributed by atoms with van der Waals surface area (Å²) in [5.41, 5.74) is 1.41. The molecule has 0 aromatic heterocycles. The molecule has 3 heteroatoms. The molecule has 66 valence electrons. The van der Waals surface area contributed by atoms with Gasteiger partial charge in [0.25, 0.3) is 0 Å². The third kappa shape index (κ3) is 2.14. The van der Waals surface area contributed by atoms with Crippen LogP contribution < -0.4 is 0 Å². The lowest BCUT2D eigenvalue weighted by molar-refractivity contribution is 0.161. The fourth-order valence-electron chi connectivity index (χ4n) is 1.09. The molecular formula is C10H10N2O. The van der Waals surface area contributed by atoms with Crippen LogP contribution in [-0.2, 0) is 4.74 Å². The molecule has 0 aliphatic rings. The predicted molar refractivity (Wildman–Crippen MR) is 49.7 cm³/mol. The number of nitrogens with one attached hydrogen (secondary N) is 1. The van der Waals surface area contributed by atoms with Crippen LogP contribution in [0.3, 0.4) is 0 Å². The quantitative estimate of drug-likeness (QED) is 0.711. The highest BCUT2D eigenvalue weighted by Gasteiger charge is 2.06. The van der Waals surface area contributed by atoms with Gasteiger partial charge in [-0.05, 0) is 17.7 Å². The van der Waals surface area contributed by atoms with Gasteiger partial charge in [0.05, 0.1) is 11.6 Å². The van der Waals surface area contributed by atoms with Crippen LogP contribution in [0.15, 0.2) is 24.3 Å². The van der Waals surface area contributed by atoms with Gasteiger partial charge in [0.1, 0.15) is 6.10 Å². The Morgan fingerprint density at radius 1 is 1.62 bits per heavy atom. The third-order valence-corrected chi connectivity index (χ3v) is 1.75. The minimum atomic E-state index is -0.353. The lowest BCUT2D eigenvalue weighted by Gasteiger charge is -2.09. The molecule has 0 heterocycles. The topological polar surface area (TPSA) is 56.9 Å². The van der Waals surface area contributed by atoms with Gasteiger partial charge in [-0.2, -0.15) is 5.26 Å². The number of hydrogen-bond donors (Lipinski definition) is 1. The first-order valence-corrected chi connectivity index (χ1v) is 3.85. The molecule has 0 amide bonds. The van der Waals surface area contributed by atoms with Gasteiger partial charge in [0.2, 0.25) is 0 Å². The largest absolute Gasteiger partial charge is 0.371 e. The summed E-state index contributed by atoms with van der Waals surface area (Å²) in [4.78, 5) is 0. The number of ether oxygens (including phenoxy) is 1. The van der Waals surface area contributed by atoms with Crippen molar-refractivity contribution in [1.29, 1.82) is 10.7 Å². The van der Waals surface area contributed by atoms with Gasteiger partial charge in [-0.1, -0.05) is 12.1 Å². The van der Waals surface area contributed by atoms with E-state index in [0.717, 1.165) is 5.56 Å². The van der Waals surface area contributed by atoms with E-state index in [1.807, 2.05) is 12.1 Å². The lowest BCUT2D eigenvalue weighted by Crippen LogP contribution is -2.01. The van der Waals surface area contributed by atoms with Crippen molar-refractivity contribution < 1.29 is 4.74 Å². The van der Waals surface area contributed by atoms with Crippen LogP contribution >= 0.6 is 0 Å². The smallest absolute Gasteiger partial charge is 0.117 e. The Balaban J connectivity index is 3.01. The van der Waals surface area contributed by atoms with Gasteiger partial charge in [-0.25, -0.2) is 0 Å². The molecule has 1 rings (SSSR count). The van der Waals surface area contributed by atoms with Crippen LogP contribution in [0.25, 0.3) is 0 Å². The summed E-state index contributed by atoms with van der Waals surface area (Å²) in [7, 11) is 1.54. The Morgan fingerprint density at radius 2 is 2.38 bits per heavy atom. The van der Waals surface area contributed by atoms with Gasteiger partial charge in [0.15, 0.2) is 0 Å². The molecular weight excluding hydrogens is 164 g/mol. The summed E-state index contributed by atoms with van der Waals surface area (Å²) in [6.45, 7) is 0. The Morgan fingerprint density at radius 3 is 2.92 bits per heavy atom. The molecule has 0 aliphatic heterocycles. The summed E-state index contributed by atoms with van der Waals surface area (Å²) >= 11 is 0. The van der Waals surface area contributed by atoms with Gasteiger partial charge < -0.3 is 10.1 Å². The number of nitrogens with zero attached hydrogens (tertiary/aromatic N) is 1. The summed E-state index contributed by atoms with van der Waals surface area (Å²) in [5.74, 6) is 0. The molecule has 0 saturated heterocycles. The van der Waals surface area contributed by atoms with Crippen molar-refractivity contribution in [3.63, 3.8) is 0 Å². The van der Waals surface area contributed by atoms with E-state index in [2.05, 4.69) is 0 Å². The minimum Gasteiger partial charge on any atom is -0.371 e. The molecule has 1 unspecified atom stereocenters. The summed E-state index contributed by atoms with van der Waals surface area (Å²) in [6.07, 6.45) is 0.851. The number of methoxy groups -OCH3 is 1. The highest BCUT2D eigenvalue weighted by molar-refractivity contribution is 5.63. The second-order valence-corrected chi connectivity index (χ2v) is 2.56. The number of nitriles is 1. The van der Waals surface area contributed by atoms with Gasteiger partial charge in [-0.15, -0.1) is 0 Å². The highest BCUT2D eigenvalue weighted by Crippen LogP contribution is 2.15. The monoisotopic (exact) mass is 174 g/mol. The summed E-state index contributed by atoms with van der Waals surface area (Å²) in [6, 6.07) is 9.10. The molecule has 13 heavy (non-hydrogen) atoms. The molecule has 0 fully saturated rings. The van der Waals surface area contributed by atoms with Crippen molar-refractivity contribution in [2.24, 2.45) is 0 Å². The minimum absolute atomic E-state index is 0.353. The first kappa shape index (κ1) is 9.43. The molecule has 1 aromatic carbocycles. The maximum atomic E-state index is 8.64. The lowest BCUT2D eigenvalue weighted by atomic mass is 10.1. The standard InChI is InChI=1S/C10H10N2O/c1-13-10(7-12)9-4-2-3-8(5-9)6-11/h2-5,7,10,12H,1H3. The first-order valence-electron chi connectivity index (χ1n) is 3.85. The summed E-state index contributed by atoms with van der Waals surface area (Å²) in [5, 5.41) is 15.7. The maximum absolute atomic E-state index is 8.64. The molecule has 1 N–H and O–H groups in total. The number of hydrogen-bond acceptors (Lipinski definition) is 3. The molecule has 0 aliphatic carbocycles. The van der Waals surface area contributed by atoms with Crippen molar-refractivity contribution in [2.45, 2.75) is 6.10 Å². The van der Waals surface area contributed by atoms with E-state index in [1.165, 1.54) is 13.3 Å². The van der Waals surface area contributed by atoms with E-state index in [9.17, 15) is 0 Å². The Bertz CT molecular complexity index is 341. The zero-order chi connectivity index (χ0) is 9.68. The van der Waals surface area contributed by atoms with Gasteiger partial charge >= 0.3 is 0 Å². The predicted octanol–water partition coefficient (Wildman–Crippen LogP) is 1.90. The third-order valence-electron chi connectivity index (χ3n) is 1.75. The van der Waals surface area contributed by atoms with E-state index in [1.54, 1.807) is 18.2 Å². The molecule has 0 saturated carbocycles. The van der Waals surface area contributed by atoms with Crippen LogP contribution in [0.1, 0.15) is 17.2 Å². The Labute approximate surface area is 77.1 Å². The van der Waals surface area contributed by atoms with Crippen LogP contribution in [0.5, 0.6) is 0 Å². The normalized spacial score (nSPS) is 11.7. The van der Waals surface area contributed by atoms with E-state index >= 15 is 0 Å². The van der Waals surface area contributed by atoms with Gasteiger partial charge in [-0.3, -0.25) is 0 Å². The average Bonchev–Trinajstić information content (AvgIpc) is 2.20. The molecule has 0 spiro atoms. The van der Waals surface area contributed by atoms with E-state index in [-0.39, 0.29) is 6.10 Å². The van der Waals surface area contributed by atoms with Gasteiger partial charge in [0, 0.05) is 13.3 Å². The zero-order valence-corrected chi connectivity index (χ0v) is 7.32. The second kappa shape index (κ2) is 4.39. The molecule has 1 atom stereocenters. The van der Waals surface area contributed by atoms with Crippen molar-refractivity contribution in [3.8, 4) is 6.07 Å². The molecule has 0 radical (unpaired) electrons. The second-order valence-electron chi connectivity index (χ2n) is 2.56. The zero-order valence-electron chi connectivity index (χ0n) is 7.32. The maximum Gasteiger partial charge on any atom is 0.117 e. The van der Waals surface area contributed by atoms with Crippen molar-refractivity contribution >= 4 is 6.21 Å². The molecule has 0 bridgehead atoms. The first-order chi connectivity index (χ1) is 6.31. The average molecular weight is 174 g/mol. The SMILES string of the molecule is COC(C=N)c1cccc(C#N)c1. The van der Waals surface area contributed by atoms with E-state index < -0.39 is 0 Å². The Hall–Kier alpha value is -1.66. The van der Waals surface area contributed by atoms with Crippen molar-refractivity contribution in [2.75, 3.05) is 7.11 Å². The molecule has 3 nitrogen and oxygen atoms in total. The highest BCUT2D eigenvalue weighted by atomic mass is 16.5. The number of benzene rings is 1. The molecule has 1 aromatic rings. The van der Waals surface area contributed by atoms with Crippen LogP contribution in [0.4, 0.5) is 0 Å². The fourth-order valence-corrected chi connectivity index (χ4v) is 1.09. The van der Waals surface area contributed by atoms with Crippen LogP contribution in [-0.4, -0.2) is 13.3 Å². The van der Waals surface area contributed by atoms with E-state index in [4.69, 9.17) is 15.4 Å². The number of rotatable bonds is 3. The fraction of sp³-hybridized carbons (Fsp3) is 0.200. The van der Waals surface area contributed by atoms with Crippen LogP contribution in [0, 0.1) is 16.7 Å². The van der Waals surface area contributed by atoms with Crippen molar-refractivity contribution in [1.82, 2.24) is 0 Å². The van der Waals surface area contributed by atoms with Crippen LogP contribution in [0.2, 0.25) is 0 Å². The summed E-state index contributed by atoms with van der Waals surface area (Å²) < 4.78 is 5.03. The van der Waals surface area contributed by atoms with Crippen molar-refractivity contribution in [3.05, 3.63) is 35.4 Å². The Kier molecular flexibility index (Phi) is 3.18. The van der Waals surface area contributed by atoms with E-state index in [0.29, 0.717) is 5.56 Å².